The summed E-state index contributed by atoms with van der Waals surface area (Å²) in [5.41, 5.74) is 4.39. The van der Waals surface area contributed by atoms with Crippen LogP contribution in [0, 0.1) is 0 Å². The van der Waals surface area contributed by atoms with Crippen molar-refractivity contribution in [2.45, 2.75) is 24.5 Å². The Morgan fingerprint density at radius 2 is 1.84 bits per heavy atom. The minimum absolute atomic E-state index is 0.161. The van der Waals surface area contributed by atoms with Gasteiger partial charge >= 0.3 is 23.5 Å². The molecule has 1 saturated heterocycles. The highest BCUT2D eigenvalue weighted by Crippen LogP contribution is 2.67. The fourth-order valence-corrected chi connectivity index (χ4v) is 6.04. The first-order valence-corrected chi connectivity index (χ1v) is 12.6. The van der Waals surface area contributed by atoms with Gasteiger partial charge in [-0.1, -0.05) is 0 Å². The lowest BCUT2D eigenvalue weighted by atomic mass is 10.1. The van der Waals surface area contributed by atoms with Gasteiger partial charge in [-0.3, -0.25) is 18.9 Å². The van der Waals surface area contributed by atoms with E-state index in [2.05, 4.69) is 28.1 Å². The molecule has 32 heavy (non-hydrogen) atoms. The van der Waals surface area contributed by atoms with Crippen molar-refractivity contribution in [3.05, 3.63) is 16.7 Å². The summed E-state index contributed by atoms with van der Waals surface area (Å²) in [6, 6.07) is 0. The third-order valence-corrected chi connectivity index (χ3v) is 7.72. The molecule has 3 rings (SSSR count). The van der Waals surface area contributed by atoms with Gasteiger partial charge in [0, 0.05) is 0 Å². The van der Waals surface area contributed by atoms with Gasteiger partial charge in [0.05, 0.1) is 12.9 Å². The van der Waals surface area contributed by atoms with Gasteiger partial charge in [-0.05, 0) is 0 Å². The molecule has 1 fully saturated rings. The van der Waals surface area contributed by atoms with Crippen LogP contribution < -0.4 is 11.3 Å². The van der Waals surface area contributed by atoms with Gasteiger partial charge in [0.2, 0.25) is 5.95 Å². The van der Waals surface area contributed by atoms with Gasteiger partial charge in [0.25, 0.3) is 5.56 Å². The molecule has 0 amide bonds. The molecule has 0 radical (unpaired) electrons. The summed E-state index contributed by atoms with van der Waals surface area (Å²) in [6.07, 6.45) is -5.81. The summed E-state index contributed by atoms with van der Waals surface area (Å²) in [5, 5.41) is 20.0. The zero-order valence-corrected chi connectivity index (χ0v) is 18.0. The highest BCUT2D eigenvalue weighted by Gasteiger charge is 2.51. The molecule has 2 aromatic rings. The normalized spacial score (nSPS) is 27.9. The van der Waals surface area contributed by atoms with E-state index in [0.29, 0.717) is 0 Å². The third-order valence-electron chi connectivity index (χ3n) is 3.88. The maximum Gasteiger partial charge on any atom is 0.490 e. The number of aromatic nitrogens is 4. The van der Waals surface area contributed by atoms with Crippen molar-refractivity contribution in [1.82, 2.24) is 19.5 Å². The Morgan fingerprint density at radius 3 is 2.44 bits per heavy atom. The zero-order chi connectivity index (χ0) is 24.1. The average molecular weight is 523 g/mol. The van der Waals surface area contributed by atoms with Crippen molar-refractivity contribution < 1.29 is 61.4 Å². The van der Waals surface area contributed by atoms with E-state index in [1.807, 2.05) is 0 Å². The van der Waals surface area contributed by atoms with Gasteiger partial charge < -0.3 is 40.3 Å². The molecule has 1 aliphatic heterocycles. The molecule has 22 heteroatoms. The van der Waals surface area contributed by atoms with Crippen molar-refractivity contribution in [2.24, 2.45) is 0 Å². The molecule has 2 unspecified atom stereocenters. The Balaban J connectivity index is 1.86. The molecule has 2 aromatic heterocycles. The molecule has 0 aromatic carbocycles. The van der Waals surface area contributed by atoms with E-state index in [-0.39, 0.29) is 17.1 Å². The number of imidazole rings is 1. The maximum atomic E-state index is 12.1. The van der Waals surface area contributed by atoms with Gasteiger partial charge in [0.15, 0.2) is 17.4 Å². The van der Waals surface area contributed by atoms with E-state index < -0.39 is 60.2 Å². The summed E-state index contributed by atoms with van der Waals surface area (Å²) in [7, 11) is -17.1. The molecule has 9 N–H and O–H groups in total. The van der Waals surface area contributed by atoms with Crippen LogP contribution in [-0.2, 0) is 31.6 Å². The second-order valence-corrected chi connectivity index (χ2v) is 10.5. The lowest BCUT2D eigenvalue weighted by Gasteiger charge is -2.23. The SMILES string of the molecule is Nc1nc2c(ncn2[C@@H]2O[C@H](CO)[C@@H](OP(=O)(O)OP(=O)(O)OP(=O)(O)O)[C@H]2O)c(=O)[nH]1. The standard InChI is InChI=1S/C10H16N5O14P3/c11-10-13-7-4(8(18)14-10)12-2-15(7)9-5(17)6(3(1-16)26-9)27-31(22,23)29-32(24,25)28-30(19,20)21/h2-3,5-6,9,16-17H,1H2,(H,22,23)(H,24,25)(H2,19,20,21)(H3,11,13,14,18)/t3-,5-,6-,9-/m1/s1. The average Bonchev–Trinajstić information content (AvgIpc) is 3.13. The molecule has 3 heterocycles. The van der Waals surface area contributed by atoms with Crippen molar-refractivity contribution >= 4 is 40.6 Å². The van der Waals surface area contributed by atoms with E-state index in [0.717, 1.165) is 10.9 Å². The first-order valence-electron chi connectivity index (χ1n) is 8.11. The number of hydrogen-bond acceptors (Lipinski definition) is 13. The number of aliphatic hydroxyl groups is 2. The van der Waals surface area contributed by atoms with E-state index in [9.17, 15) is 38.5 Å². The summed E-state index contributed by atoms with van der Waals surface area (Å²) in [4.78, 5) is 57.7. The summed E-state index contributed by atoms with van der Waals surface area (Å²) in [6.45, 7) is -0.906. The Hall–Kier alpha value is -1.56. The van der Waals surface area contributed by atoms with Crippen LogP contribution in [0.15, 0.2) is 11.1 Å². The lowest BCUT2D eigenvalue weighted by Crippen LogP contribution is -2.35. The molecule has 19 nitrogen and oxygen atoms in total. The number of aromatic amines is 1. The quantitative estimate of drug-likeness (QED) is 0.168. The van der Waals surface area contributed by atoms with Crippen LogP contribution in [0.2, 0.25) is 0 Å². The van der Waals surface area contributed by atoms with Crippen LogP contribution in [0.3, 0.4) is 0 Å². The fourth-order valence-electron chi connectivity index (χ4n) is 2.81. The largest absolute Gasteiger partial charge is 0.490 e. The predicted molar refractivity (Wildman–Crippen MR) is 98.3 cm³/mol. The predicted octanol–water partition coefficient (Wildman–Crippen LogP) is -2.34. The summed E-state index contributed by atoms with van der Waals surface area (Å²) < 4.78 is 52.4. The number of nitrogens with two attached hydrogens (primary N) is 1. The molecule has 0 aliphatic carbocycles. The minimum Gasteiger partial charge on any atom is -0.394 e. The molecule has 0 saturated carbocycles. The number of ether oxygens (including phenoxy) is 1. The third kappa shape index (κ3) is 5.49. The first-order chi connectivity index (χ1) is 14.6. The number of nitrogen functional groups attached to an aromatic ring is 1. The van der Waals surface area contributed by atoms with Crippen molar-refractivity contribution in [1.29, 1.82) is 0 Å². The number of H-pyrrole nitrogens is 1. The van der Waals surface area contributed by atoms with E-state index in [1.54, 1.807) is 0 Å². The first kappa shape index (κ1) is 25.1. The van der Waals surface area contributed by atoms with Gasteiger partial charge in [-0.25, -0.2) is 18.7 Å². The number of nitrogens with zero attached hydrogens (tertiary/aromatic N) is 3. The Kier molecular flexibility index (Phi) is 6.78. The number of hydrogen-bond donors (Lipinski definition) is 8. The molecule has 0 spiro atoms. The van der Waals surface area contributed by atoms with E-state index in [4.69, 9.17) is 20.3 Å². The summed E-state index contributed by atoms with van der Waals surface area (Å²) >= 11 is 0. The number of aliphatic hydroxyl groups excluding tert-OH is 2. The molecule has 0 bridgehead atoms. The molecule has 1 aliphatic rings. The highest BCUT2D eigenvalue weighted by atomic mass is 31.3. The van der Waals surface area contributed by atoms with Crippen LogP contribution in [0.25, 0.3) is 11.2 Å². The molecular weight excluding hydrogens is 507 g/mol. The van der Waals surface area contributed by atoms with Crippen LogP contribution in [-0.4, -0.2) is 74.2 Å². The lowest BCUT2D eigenvalue weighted by molar-refractivity contribution is -0.0509. The summed E-state index contributed by atoms with van der Waals surface area (Å²) in [5.74, 6) is -0.305. The monoisotopic (exact) mass is 523 g/mol. The van der Waals surface area contributed by atoms with Crippen LogP contribution >= 0.6 is 23.5 Å². The Morgan fingerprint density at radius 1 is 1.19 bits per heavy atom. The minimum atomic E-state index is -5.81. The topological polar surface area (TPSA) is 299 Å². The number of anilines is 1. The van der Waals surface area contributed by atoms with Crippen molar-refractivity contribution in [3.63, 3.8) is 0 Å². The molecule has 6 atom stereocenters. The van der Waals surface area contributed by atoms with E-state index >= 15 is 0 Å². The van der Waals surface area contributed by atoms with Crippen LogP contribution in [0.4, 0.5) is 5.95 Å². The highest BCUT2D eigenvalue weighted by molar-refractivity contribution is 7.66. The zero-order valence-electron chi connectivity index (χ0n) is 15.3. The molecular formula is C10H16N5O14P3. The van der Waals surface area contributed by atoms with Crippen molar-refractivity contribution in [3.8, 4) is 0 Å². The second kappa shape index (κ2) is 8.66. The van der Waals surface area contributed by atoms with Crippen LogP contribution in [0.5, 0.6) is 0 Å². The number of nitrogens with one attached hydrogen (secondary N) is 1. The van der Waals surface area contributed by atoms with Gasteiger partial charge in [-0.15, -0.1) is 0 Å². The van der Waals surface area contributed by atoms with Crippen LogP contribution in [0.1, 0.15) is 6.23 Å². The van der Waals surface area contributed by atoms with E-state index in [1.165, 1.54) is 0 Å². The number of phosphoric acid groups is 3. The number of rotatable bonds is 8. The molecule has 180 valence electrons. The van der Waals surface area contributed by atoms with Gasteiger partial charge in [-0.2, -0.15) is 13.6 Å². The maximum absolute atomic E-state index is 12.1. The fraction of sp³-hybridized carbons (Fsp3) is 0.500. The number of fused-ring (bicyclic) bond motifs is 1. The second-order valence-electron chi connectivity index (χ2n) is 6.17. The Bertz CT molecular complexity index is 1210. The van der Waals surface area contributed by atoms with Gasteiger partial charge in [0.1, 0.15) is 18.3 Å². The number of phosphoric ester groups is 1. The Labute approximate surface area is 175 Å². The van der Waals surface area contributed by atoms with Crippen molar-refractivity contribution in [2.75, 3.05) is 12.3 Å². The smallest absolute Gasteiger partial charge is 0.394 e.